The summed E-state index contributed by atoms with van der Waals surface area (Å²) in [4.78, 5) is 2.30. The number of hydrogen-bond donors (Lipinski definition) is 1. The third-order valence-corrected chi connectivity index (χ3v) is 1.78. The van der Waals surface area contributed by atoms with Crippen LogP contribution in [0.1, 0.15) is 12.8 Å². The number of nitrogens with two attached hydrogens (primary N) is 1. The van der Waals surface area contributed by atoms with Crippen molar-refractivity contribution in [1.82, 2.24) is 4.90 Å². The number of rotatable bonds is 4. The van der Waals surface area contributed by atoms with Crippen molar-refractivity contribution in [2.24, 2.45) is 5.73 Å². The van der Waals surface area contributed by atoms with E-state index in [1.54, 1.807) is 0 Å². The molecule has 0 aromatic heterocycles. The SMILES string of the molecule is Br.NCCCCN1C=CC=CC1. The minimum absolute atomic E-state index is 0. The van der Waals surface area contributed by atoms with Crippen molar-refractivity contribution >= 4 is 17.0 Å². The molecule has 1 rings (SSSR count). The van der Waals surface area contributed by atoms with Crippen LogP contribution in [-0.2, 0) is 0 Å². The van der Waals surface area contributed by atoms with Crippen LogP contribution in [-0.4, -0.2) is 24.5 Å². The van der Waals surface area contributed by atoms with Crippen LogP contribution in [0.25, 0.3) is 0 Å². The molecule has 0 spiro atoms. The zero-order valence-corrected chi connectivity index (χ0v) is 8.99. The molecule has 1 aliphatic heterocycles. The van der Waals surface area contributed by atoms with Crippen LogP contribution >= 0.6 is 17.0 Å². The molecule has 0 aliphatic carbocycles. The van der Waals surface area contributed by atoms with Gasteiger partial charge in [-0.1, -0.05) is 12.2 Å². The molecule has 0 saturated carbocycles. The van der Waals surface area contributed by atoms with Gasteiger partial charge < -0.3 is 10.6 Å². The fourth-order valence-electron chi connectivity index (χ4n) is 1.13. The van der Waals surface area contributed by atoms with E-state index in [2.05, 4.69) is 29.3 Å². The molecule has 12 heavy (non-hydrogen) atoms. The summed E-state index contributed by atoms with van der Waals surface area (Å²) < 4.78 is 0. The maximum absolute atomic E-state index is 5.39. The average molecular weight is 233 g/mol. The Bertz CT molecular complexity index is 155. The van der Waals surface area contributed by atoms with Crippen LogP contribution < -0.4 is 5.73 Å². The molecule has 0 bridgehead atoms. The molecule has 3 heteroatoms. The maximum atomic E-state index is 5.39. The molecule has 70 valence electrons. The zero-order valence-electron chi connectivity index (χ0n) is 7.28. The summed E-state index contributed by atoms with van der Waals surface area (Å²) in [5.74, 6) is 0. The Morgan fingerprint density at radius 3 is 2.67 bits per heavy atom. The quantitative estimate of drug-likeness (QED) is 0.748. The van der Waals surface area contributed by atoms with Gasteiger partial charge in [-0.2, -0.15) is 0 Å². The highest BCUT2D eigenvalue weighted by molar-refractivity contribution is 8.93. The molecule has 0 amide bonds. The number of unbranched alkanes of at least 4 members (excludes halogenated alkanes) is 1. The lowest BCUT2D eigenvalue weighted by Crippen LogP contribution is -2.20. The normalized spacial score (nSPS) is 14.6. The molecule has 0 aromatic carbocycles. The summed E-state index contributed by atoms with van der Waals surface area (Å²) in [6, 6.07) is 0. The first-order valence-corrected chi connectivity index (χ1v) is 4.21. The Hall–Kier alpha value is -0.280. The Morgan fingerprint density at radius 1 is 1.25 bits per heavy atom. The standard InChI is InChI=1S/C9H16N2.BrH/c10-6-2-5-9-11-7-3-1-4-8-11;/h1,3-4,7H,2,5-6,8-10H2;1H. The summed E-state index contributed by atoms with van der Waals surface area (Å²) in [6.45, 7) is 3.01. The lowest BCUT2D eigenvalue weighted by Gasteiger charge is -2.19. The van der Waals surface area contributed by atoms with E-state index in [4.69, 9.17) is 5.73 Å². The van der Waals surface area contributed by atoms with Gasteiger partial charge in [0.05, 0.1) is 0 Å². The minimum atomic E-state index is 0. The van der Waals surface area contributed by atoms with E-state index < -0.39 is 0 Å². The van der Waals surface area contributed by atoms with Gasteiger partial charge in [-0.25, -0.2) is 0 Å². The fraction of sp³-hybridized carbons (Fsp3) is 0.556. The Morgan fingerprint density at radius 2 is 2.08 bits per heavy atom. The van der Waals surface area contributed by atoms with Gasteiger partial charge in [-0.05, 0) is 31.7 Å². The minimum Gasteiger partial charge on any atom is -0.374 e. The summed E-state index contributed by atoms with van der Waals surface area (Å²) >= 11 is 0. The summed E-state index contributed by atoms with van der Waals surface area (Å²) in [7, 11) is 0. The number of hydrogen-bond acceptors (Lipinski definition) is 2. The van der Waals surface area contributed by atoms with Crippen LogP contribution in [0.4, 0.5) is 0 Å². The Kier molecular flexibility index (Phi) is 7.20. The molecular weight excluding hydrogens is 216 g/mol. The van der Waals surface area contributed by atoms with Crippen molar-refractivity contribution in [3.05, 3.63) is 24.4 Å². The zero-order chi connectivity index (χ0) is 7.94. The van der Waals surface area contributed by atoms with Crippen molar-refractivity contribution < 1.29 is 0 Å². The molecule has 2 N–H and O–H groups in total. The van der Waals surface area contributed by atoms with Gasteiger partial charge in [0, 0.05) is 13.1 Å². The van der Waals surface area contributed by atoms with Crippen molar-refractivity contribution in [3.8, 4) is 0 Å². The number of nitrogens with zero attached hydrogens (tertiary/aromatic N) is 1. The maximum Gasteiger partial charge on any atom is 0.0357 e. The second-order valence-corrected chi connectivity index (χ2v) is 2.76. The van der Waals surface area contributed by atoms with E-state index in [0.29, 0.717) is 0 Å². The molecule has 0 unspecified atom stereocenters. The average Bonchev–Trinajstić information content (AvgIpc) is 2.07. The number of halogens is 1. The van der Waals surface area contributed by atoms with Gasteiger partial charge in [0.25, 0.3) is 0 Å². The lowest BCUT2D eigenvalue weighted by molar-refractivity contribution is 0.398. The van der Waals surface area contributed by atoms with Crippen LogP contribution in [0, 0.1) is 0 Å². The van der Waals surface area contributed by atoms with E-state index >= 15 is 0 Å². The highest BCUT2D eigenvalue weighted by Crippen LogP contribution is 2.00. The molecule has 0 radical (unpaired) electrons. The first-order chi connectivity index (χ1) is 5.43. The smallest absolute Gasteiger partial charge is 0.0357 e. The monoisotopic (exact) mass is 232 g/mol. The highest BCUT2D eigenvalue weighted by Gasteiger charge is 1.97. The van der Waals surface area contributed by atoms with E-state index in [1.807, 2.05) is 0 Å². The van der Waals surface area contributed by atoms with Crippen LogP contribution in [0.15, 0.2) is 24.4 Å². The van der Waals surface area contributed by atoms with E-state index in [1.165, 1.54) is 6.42 Å². The van der Waals surface area contributed by atoms with Gasteiger partial charge in [0.1, 0.15) is 0 Å². The largest absolute Gasteiger partial charge is 0.374 e. The third-order valence-electron chi connectivity index (χ3n) is 1.78. The molecule has 1 aliphatic rings. The topological polar surface area (TPSA) is 29.3 Å². The summed E-state index contributed by atoms with van der Waals surface area (Å²) in [6.07, 6.45) is 10.8. The Labute approximate surface area is 84.9 Å². The second-order valence-electron chi connectivity index (χ2n) is 2.76. The van der Waals surface area contributed by atoms with Crippen LogP contribution in [0.5, 0.6) is 0 Å². The predicted octanol–water partition coefficient (Wildman–Crippen LogP) is 1.69. The summed E-state index contributed by atoms with van der Waals surface area (Å²) in [5, 5.41) is 0. The van der Waals surface area contributed by atoms with Crippen LogP contribution in [0.2, 0.25) is 0 Å². The van der Waals surface area contributed by atoms with Gasteiger partial charge in [-0.3, -0.25) is 0 Å². The second kappa shape index (κ2) is 7.37. The van der Waals surface area contributed by atoms with E-state index in [9.17, 15) is 0 Å². The molecule has 0 atom stereocenters. The van der Waals surface area contributed by atoms with Crippen molar-refractivity contribution in [2.45, 2.75) is 12.8 Å². The van der Waals surface area contributed by atoms with Gasteiger partial charge >= 0.3 is 0 Å². The fourth-order valence-corrected chi connectivity index (χ4v) is 1.13. The molecule has 0 fully saturated rings. The van der Waals surface area contributed by atoms with Gasteiger partial charge in [0.15, 0.2) is 0 Å². The van der Waals surface area contributed by atoms with Crippen LogP contribution in [0.3, 0.4) is 0 Å². The van der Waals surface area contributed by atoms with Gasteiger partial charge in [0.2, 0.25) is 0 Å². The molecule has 0 saturated heterocycles. The molecule has 0 aromatic rings. The summed E-state index contributed by atoms with van der Waals surface area (Å²) in [5.41, 5.74) is 5.39. The molecule has 1 heterocycles. The molecular formula is C9H17BrN2. The first kappa shape index (κ1) is 11.7. The van der Waals surface area contributed by atoms with Gasteiger partial charge in [-0.15, -0.1) is 17.0 Å². The Balaban J connectivity index is 0.00000121. The lowest BCUT2D eigenvalue weighted by atomic mass is 10.2. The highest BCUT2D eigenvalue weighted by atomic mass is 79.9. The number of allylic oxidation sites excluding steroid dienone is 2. The predicted molar refractivity (Wildman–Crippen MR) is 58.5 cm³/mol. The van der Waals surface area contributed by atoms with Crippen molar-refractivity contribution in [1.29, 1.82) is 0 Å². The first-order valence-electron chi connectivity index (χ1n) is 4.21. The van der Waals surface area contributed by atoms with E-state index in [-0.39, 0.29) is 17.0 Å². The molecule has 2 nitrogen and oxygen atoms in total. The van der Waals surface area contributed by atoms with Crippen molar-refractivity contribution in [2.75, 3.05) is 19.6 Å². The van der Waals surface area contributed by atoms with E-state index in [0.717, 1.165) is 26.1 Å². The third kappa shape index (κ3) is 4.57. The van der Waals surface area contributed by atoms with Crippen molar-refractivity contribution in [3.63, 3.8) is 0 Å².